The zero-order chi connectivity index (χ0) is 18.1. The number of nitrogens with zero attached hydrogens (tertiary/aromatic N) is 2. The molecule has 0 saturated heterocycles. The van der Waals surface area contributed by atoms with E-state index in [9.17, 15) is 0 Å². The molecule has 26 heavy (non-hydrogen) atoms. The number of halogens is 3. The minimum atomic E-state index is 0.694. The van der Waals surface area contributed by atoms with E-state index in [0.29, 0.717) is 11.4 Å². The maximum Gasteiger partial charge on any atom is 0.0558 e. The molecule has 0 bridgehead atoms. The topological polar surface area (TPSA) is 16.1 Å². The van der Waals surface area contributed by atoms with Gasteiger partial charge in [0, 0.05) is 40.8 Å². The monoisotopic (exact) mass is 402 g/mol. The third kappa shape index (κ3) is 3.83. The highest BCUT2D eigenvalue weighted by molar-refractivity contribution is 6.33. The van der Waals surface area contributed by atoms with Gasteiger partial charge in [0.25, 0.3) is 0 Å². The van der Waals surface area contributed by atoms with Crippen LogP contribution in [0.4, 0.5) is 5.69 Å². The van der Waals surface area contributed by atoms with Crippen molar-refractivity contribution in [1.82, 2.24) is 4.98 Å². The van der Waals surface area contributed by atoms with Crippen molar-refractivity contribution in [1.29, 1.82) is 0 Å². The van der Waals surface area contributed by atoms with Crippen molar-refractivity contribution in [2.45, 2.75) is 19.4 Å². The lowest BCUT2D eigenvalue weighted by Crippen LogP contribution is -2.30. The van der Waals surface area contributed by atoms with Crippen LogP contribution < -0.4 is 4.90 Å². The molecule has 2 aromatic carbocycles. The minimum absolute atomic E-state index is 0.694. The summed E-state index contributed by atoms with van der Waals surface area (Å²) in [4.78, 5) is 6.79. The highest BCUT2D eigenvalue weighted by atomic mass is 35.5. The standard InChI is InChI=1S/C21H17Cl3N2/c22-18-2-1-16-13-26(6-5-15(16)9-18)20-8-14(11-25-12-20)7-17-10-19(23)3-4-21(17)24/h1-4,8-12H,5-7,13H2. The first-order valence-corrected chi connectivity index (χ1v) is 9.62. The largest absolute Gasteiger partial charge is 0.366 e. The molecule has 132 valence electrons. The van der Waals surface area contributed by atoms with E-state index in [1.807, 2.05) is 30.6 Å². The Labute approximate surface area is 168 Å². The normalized spacial score (nSPS) is 13.6. The molecule has 1 aliphatic rings. The van der Waals surface area contributed by atoms with Gasteiger partial charge in [0.1, 0.15) is 0 Å². The van der Waals surface area contributed by atoms with Crippen molar-refractivity contribution in [2.75, 3.05) is 11.4 Å². The van der Waals surface area contributed by atoms with Crippen LogP contribution in [0, 0.1) is 0 Å². The van der Waals surface area contributed by atoms with Crippen LogP contribution in [0.25, 0.3) is 0 Å². The van der Waals surface area contributed by atoms with Gasteiger partial charge in [0.15, 0.2) is 0 Å². The molecular weight excluding hydrogens is 387 g/mol. The molecule has 4 rings (SSSR count). The first kappa shape index (κ1) is 17.7. The van der Waals surface area contributed by atoms with Crippen LogP contribution in [-0.4, -0.2) is 11.5 Å². The second kappa shape index (κ2) is 7.48. The molecule has 0 spiro atoms. The lowest BCUT2D eigenvalue weighted by atomic mass is 9.99. The molecule has 1 aliphatic heterocycles. The van der Waals surface area contributed by atoms with Crippen LogP contribution >= 0.6 is 34.8 Å². The van der Waals surface area contributed by atoms with Crippen LogP contribution in [0.1, 0.15) is 22.3 Å². The Bertz CT molecular complexity index is 956. The maximum absolute atomic E-state index is 6.30. The Morgan fingerprint density at radius 1 is 0.885 bits per heavy atom. The Morgan fingerprint density at radius 2 is 1.69 bits per heavy atom. The summed E-state index contributed by atoms with van der Waals surface area (Å²) < 4.78 is 0. The Hall–Kier alpha value is -1.74. The Morgan fingerprint density at radius 3 is 2.58 bits per heavy atom. The lowest BCUT2D eigenvalue weighted by Gasteiger charge is -2.30. The molecule has 0 atom stereocenters. The second-order valence-electron chi connectivity index (χ2n) is 6.55. The van der Waals surface area contributed by atoms with E-state index in [4.69, 9.17) is 34.8 Å². The highest BCUT2D eigenvalue weighted by Gasteiger charge is 2.17. The van der Waals surface area contributed by atoms with Gasteiger partial charge in [-0.3, -0.25) is 4.98 Å². The molecule has 0 radical (unpaired) electrons. The summed E-state index contributed by atoms with van der Waals surface area (Å²) in [6.07, 6.45) is 5.50. The minimum Gasteiger partial charge on any atom is -0.366 e. The smallest absolute Gasteiger partial charge is 0.0558 e. The number of anilines is 1. The molecule has 0 saturated carbocycles. The SMILES string of the molecule is Clc1ccc(Cl)c(Cc2cncc(N3CCc4cc(Cl)ccc4C3)c2)c1. The maximum atomic E-state index is 6.30. The fourth-order valence-corrected chi connectivity index (χ4v) is 3.96. The highest BCUT2D eigenvalue weighted by Crippen LogP contribution is 2.28. The van der Waals surface area contributed by atoms with Gasteiger partial charge >= 0.3 is 0 Å². The van der Waals surface area contributed by atoms with Gasteiger partial charge in [-0.2, -0.15) is 0 Å². The first-order valence-electron chi connectivity index (χ1n) is 8.48. The van der Waals surface area contributed by atoms with Crippen LogP contribution in [0.15, 0.2) is 54.9 Å². The summed E-state index contributed by atoms with van der Waals surface area (Å²) in [5, 5.41) is 2.22. The number of pyridine rings is 1. The number of hydrogen-bond acceptors (Lipinski definition) is 2. The third-order valence-corrected chi connectivity index (χ3v) is 5.57. The van der Waals surface area contributed by atoms with E-state index >= 15 is 0 Å². The number of rotatable bonds is 3. The molecule has 0 N–H and O–H groups in total. The summed E-state index contributed by atoms with van der Waals surface area (Å²) in [5.74, 6) is 0. The second-order valence-corrected chi connectivity index (χ2v) is 7.83. The zero-order valence-electron chi connectivity index (χ0n) is 14.1. The summed E-state index contributed by atoms with van der Waals surface area (Å²) >= 11 is 18.5. The van der Waals surface area contributed by atoms with Crippen LogP contribution in [0.5, 0.6) is 0 Å². The molecular formula is C21H17Cl3N2. The van der Waals surface area contributed by atoms with Gasteiger partial charge in [-0.05, 0) is 65.1 Å². The molecule has 0 fully saturated rings. The molecule has 5 heteroatoms. The number of hydrogen-bond donors (Lipinski definition) is 0. The van der Waals surface area contributed by atoms with E-state index in [2.05, 4.69) is 28.1 Å². The van der Waals surface area contributed by atoms with E-state index in [1.54, 1.807) is 6.07 Å². The van der Waals surface area contributed by atoms with E-state index in [1.165, 1.54) is 11.1 Å². The summed E-state index contributed by atoms with van der Waals surface area (Å²) in [7, 11) is 0. The van der Waals surface area contributed by atoms with Gasteiger partial charge in [0.2, 0.25) is 0 Å². The fourth-order valence-electron chi connectivity index (χ4n) is 3.38. The molecule has 1 aromatic heterocycles. The molecule has 0 aliphatic carbocycles. The number of fused-ring (bicyclic) bond motifs is 1. The van der Waals surface area contributed by atoms with E-state index < -0.39 is 0 Å². The van der Waals surface area contributed by atoms with Crippen LogP contribution in [0.2, 0.25) is 15.1 Å². The van der Waals surface area contributed by atoms with Crippen molar-refractivity contribution in [3.8, 4) is 0 Å². The van der Waals surface area contributed by atoms with E-state index in [0.717, 1.165) is 46.4 Å². The first-order chi connectivity index (χ1) is 12.6. The van der Waals surface area contributed by atoms with Crippen molar-refractivity contribution in [3.05, 3.63) is 92.2 Å². The Balaban J connectivity index is 1.56. The van der Waals surface area contributed by atoms with Crippen molar-refractivity contribution in [2.24, 2.45) is 0 Å². The average molecular weight is 404 g/mol. The summed E-state index contributed by atoms with van der Waals surface area (Å²) in [6.45, 7) is 1.83. The van der Waals surface area contributed by atoms with Crippen molar-refractivity contribution >= 4 is 40.5 Å². The quantitative estimate of drug-likeness (QED) is 0.518. The van der Waals surface area contributed by atoms with Gasteiger partial charge in [0.05, 0.1) is 11.9 Å². The van der Waals surface area contributed by atoms with Gasteiger partial charge in [-0.25, -0.2) is 0 Å². The lowest BCUT2D eigenvalue weighted by molar-refractivity contribution is 0.729. The fraction of sp³-hybridized carbons (Fsp3) is 0.190. The molecule has 2 nitrogen and oxygen atoms in total. The Kier molecular flexibility index (Phi) is 5.08. The number of aromatic nitrogens is 1. The van der Waals surface area contributed by atoms with Crippen molar-refractivity contribution < 1.29 is 0 Å². The molecule has 3 aromatic rings. The predicted molar refractivity (Wildman–Crippen MR) is 110 cm³/mol. The van der Waals surface area contributed by atoms with Crippen LogP contribution in [0.3, 0.4) is 0 Å². The average Bonchev–Trinajstić information content (AvgIpc) is 2.64. The summed E-state index contributed by atoms with van der Waals surface area (Å²) in [6, 6.07) is 13.9. The molecule has 0 amide bonds. The molecule has 2 heterocycles. The van der Waals surface area contributed by atoms with Gasteiger partial charge in [-0.15, -0.1) is 0 Å². The third-order valence-electron chi connectivity index (χ3n) is 4.73. The zero-order valence-corrected chi connectivity index (χ0v) is 16.3. The predicted octanol–water partition coefficient (Wildman–Crippen LogP) is 6.20. The van der Waals surface area contributed by atoms with Gasteiger partial charge < -0.3 is 4.90 Å². The van der Waals surface area contributed by atoms with Gasteiger partial charge in [-0.1, -0.05) is 40.9 Å². The van der Waals surface area contributed by atoms with Crippen LogP contribution in [-0.2, 0) is 19.4 Å². The number of benzene rings is 2. The molecule has 0 unspecified atom stereocenters. The van der Waals surface area contributed by atoms with Crippen molar-refractivity contribution in [3.63, 3.8) is 0 Å². The summed E-state index contributed by atoms with van der Waals surface area (Å²) in [5.41, 5.74) is 5.92. The van der Waals surface area contributed by atoms with E-state index in [-0.39, 0.29) is 0 Å².